The second kappa shape index (κ2) is 6.11. The normalized spacial score (nSPS) is 10.6. The maximum Gasteiger partial charge on any atom is 0.254 e. The highest BCUT2D eigenvalue weighted by Crippen LogP contribution is 2.16. The lowest BCUT2D eigenvalue weighted by molar-refractivity contribution is 0.205. The molecule has 19 heavy (non-hydrogen) atoms. The van der Waals surface area contributed by atoms with E-state index in [1.165, 1.54) is 6.33 Å². The van der Waals surface area contributed by atoms with E-state index in [4.69, 9.17) is 10.00 Å². The van der Waals surface area contributed by atoms with E-state index < -0.39 is 0 Å². The van der Waals surface area contributed by atoms with Gasteiger partial charge in [-0.2, -0.15) is 19.9 Å². The fourth-order valence-corrected chi connectivity index (χ4v) is 1.86. The standard InChI is InChI=1S/C12H16N6O/c1-10-8-11(18-12(16-10)14-9-15-18)17(5-3-4-13)6-7-19-2/h8-9H,3,5-7H2,1-2H3. The number of hydrogen-bond donors (Lipinski definition) is 0. The van der Waals surface area contributed by atoms with Crippen LogP contribution in [-0.2, 0) is 4.74 Å². The van der Waals surface area contributed by atoms with Crippen molar-refractivity contribution in [3.05, 3.63) is 18.1 Å². The number of hydrogen-bond acceptors (Lipinski definition) is 6. The molecule has 0 spiro atoms. The van der Waals surface area contributed by atoms with Gasteiger partial charge in [-0.1, -0.05) is 0 Å². The summed E-state index contributed by atoms with van der Waals surface area (Å²) in [4.78, 5) is 10.5. The van der Waals surface area contributed by atoms with E-state index in [2.05, 4.69) is 26.0 Å². The first-order valence-electron chi connectivity index (χ1n) is 6.04. The Balaban J connectivity index is 2.36. The number of nitrogens with zero attached hydrogens (tertiary/aromatic N) is 6. The minimum absolute atomic E-state index is 0.446. The van der Waals surface area contributed by atoms with Crippen molar-refractivity contribution in [1.29, 1.82) is 5.26 Å². The lowest BCUT2D eigenvalue weighted by Crippen LogP contribution is -2.30. The molecule has 0 N–H and O–H groups in total. The lowest BCUT2D eigenvalue weighted by Gasteiger charge is -2.23. The van der Waals surface area contributed by atoms with Gasteiger partial charge in [0.15, 0.2) is 0 Å². The van der Waals surface area contributed by atoms with Crippen LogP contribution in [0.4, 0.5) is 5.82 Å². The van der Waals surface area contributed by atoms with Crippen molar-refractivity contribution >= 4 is 11.6 Å². The van der Waals surface area contributed by atoms with Crippen molar-refractivity contribution in [3.8, 4) is 6.07 Å². The molecule has 0 atom stereocenters. The van der Waals surface area contributed by atoms with E-state index in [-0.39, 0.29) is 0 Å². The second-order valence-electron chi connectivity index (χ2n) is 4.12. The van der Waals surface area contributed by atoms with Crippen molar-refractivity contribution in [2.24, 2.45) is 0 Å². The maximum atomic E-state index is 8.76. The van der Waals surface area contributed by atoms with E-state index in [0.29, 0.717) is 31.9 Å². The van der Waals surface area contributed by atoms with Crippen LogP contribution in [0, 0.1) is 18.3 Å². The van der Waals surface area contributed by atoms with Gasteiger partial charge in [0.05, 0.1) is 19.1 Å². The average molecular weight is 260 g/mol. The van der Waals surface area contributed by atoms with Gasteiger partial charge in [0, 0.05) is 32.0 Å². The van der Waals surface area contributed by atoms with Crippen LogP contribution in [0.5, 0.6) is 0 Å². The Kier molecular flexibility index (Phi) is 4.26. The maximum absolute atomic E-state index is 8.76. The number of ether oxygens (including phenoxy) is 1. The van der Waals surface area contributed by atoms with Gasteiger partial charge in [0.2, 0.25) is 0 Å². The smallest absolute Gasteiger partial charge is 0.254 e. The van der Waals surface area contributed by atoms with E-state index >= 15 is 0 Å². The Morgan fingerprint density at radius 2 is 2.32 bits per heavy atom. The van der Waals surface area contributed by atoms with Gasteiger partial charge >= 0.3 is 0 Å². The summed E-state index contributed by atoms with van der Waals surface area (Å²) >= 11 is 0. The molecule has 7 heteroatoms. The molecule has 0 aliphatic rings. The summed E-state index contributed by atoms with van der Waals surface area (Å²) in [5.74, 6) is 1.45. The summed E-state index contributed by atoms with van der Waals surface area (Å²) in [6.45, 7) is 3.81. The van der Waals surface area contributed by atoms with E-state index in [1.807, 2.05) is 13.0 Å². The highest BCUT2D eigenvalue weighted by Gasteiger charge is 2.13. The van der Waals surface area contributed by atoms with Crippen LogP contribution in [0.15, 0.2) is 12.4 Å². The van der Waals surface area contributed by atoms with Crippen LogP contribution < -0.4 is 4.90 Å². The summed E-state index contributed by atoms with van der Waals surface area (Å²) in [6.07, 6.45) is 1.92. The van der Waals surface area contributed by atoms with E-state index in [9.17, 15) is 0 Å². The fourth-order valence-electron chi connectivity index (χ4n) is 1.86. The molecule has 0 bridgehead atoms. The quantitative estimate of drug-likeness (QED) is 0.764. The molecule has 2 heterocycles. The van der Waals surface area contributed by atoms with Gasteiger partial charge in [0.25, 0.3) is 5.78 Å². The minimum Gasteiger partial charge on any atom is -0.383 e. The van der Waals surface area contributed by atoms with Gasteiger partial charge in [-0.25, -0.2) is 4.98 Å². The Labute approximate surface area is 111 Å². The number of nitriles is 1. The zero-order valence-electron chi connectivity index (χ0n) is 11.1. The molecule has 2 rings (SSSR count). The lowest BCUT2D eigenvalue weighted by atomic mass is 10.3. The van der Waals surface area contributed by atoms with Gasteiger partial charge in [0.1, 0.15) is 12.1 Å². The molecule has 2 aromatic heterocycles. The SMILES string of the molecule is COCCN(CCC#N)c1cc(C)nc2ncnn12. The highest BCUT2D eigenvalue weighted by atomic mass is 16.5. The van der Waals surface area contributed by atoms with E-state index in [1.54, 1.807) is 11.6 Å². The molecule has 0 saturated heterocycles. The highest BCUT2D eigenvalue weighted by molar-refractivity contribution is 5.47. The summed E-state index contributed by atoms with van der Waals surface area (Å²) in [7, 11) is 1.66. The molecule has 0 saturated carbocycles. The first-order valence-corrected chi connectivity index (χ1v) is 6.04. The summed E-state index contributed by atoms with van der Waals surface area (Å²) in [5, 5.41) is 12.9. The largest absolute Gasteiger partial charge is 0.383 e. The van der Waals surface area contributed by atoms with Crippen LogP contribution in [-0.4, -0.2) is 46.4 Å². The molecule has 0 aliphatic carbocycles. The fraction of sp³-hybridized carbons (Fsp3) is 0.500. The minimum atomic E-state index is 0.446. The van der Waals surface area contributed by atoms with Gasteiger partial charge < -0.3 is 9.64 Å². The molecule has 0 radical (unpaired) electrons. The zero-order chi connectivity index (χ0) is 13.7. The predicted octanol–water partition coefficient (Wildman–Crippen LogP) is 0.799. The first kappa shape index (κ1) is 13.2. The second-order valence-corrected chi connectivity index (χ2v) is 4.12. The summed E-state index contributed by atoms with van der Waals surface area (Å²) < 4.78 is 6.79. The molecule has 100 valence electrons. The Hall–Kier alpha value is -2.20. The van der Waals surface area contributed by atoms with Crippen LogP contribution in [0.25, 0.3) is 5.78 Å². The molecule has 0 unspecified atom stereocenters. The number of anilines is 1. The molecular weight excluding hydrogens is 244 g/mol. The van der Waals surface area contributed by atoms with Gasteiger partial charge in [-0.15, -0.1) is 0 Å². The molecule has 2 aromatic rings. The third-order valence-electron chi connectivity index (χ3n) is 2.74. The van der Waals surface area contributed by atoms with E-state index in [0.717, 1.165) is 11.5 Å². The van der Waals surface area contributed by atoms with Crippen LogP contribution in [0.2, 0.25) is 0 Å². The predicted molar refractivity (Wildman–Crippen MR) is 69.8 cm³/mol. The Morgan fingerprint density at radius 1 is 1.47 bits per heavy atom. The molecule has 0 amide bonds. The number of aromatic nitrogens is 4. The monoisotopic (exact) mass is 260 g/mol. The van der Waals surface area contributed by atoms with Gasteiger partial charge in [-0.05, 0) is 6.92 Å². The molecule has 0 aliphatic heterocycles. The van der Waals surface area contributed by atoms with Crippen LogP contribution >= 0.6 is 0 Å². The number of aryl methyl sites for hydroxylation is 1. The number of rotatable bonds is 6. The van der Waals surface area contributed by atoms with Crippen molar-refractivity contribution < 1.29 is 4.74 Å². The van der Waals surface area contributed by atoms with Crippen molar-refractivity contribution in [3.63, 3.8) is 0 Å². The van der Waals surface area contributed by atoms with Crippen molar-refractivity contribution in [1.82, 2.24) is 19.6 Å². The Morgan fingerprint density at radius 3 is 3.05 bits per heavy atom. The Bertz CT molecular complexity index is 587. The summed E-state index contributed by atoms with van der Waals surface area (Å²) in [6, 6.07) is 4.10. The molecule has 0 aromatic carbocycles. The molecule has 0 fully saturated rings. The third-order valence-corrected chi connectivity index (χ3v) is 2.74. The first-order chi connectivity index (χ1) is 9.26. The van der Waals surface area contributed by atoms with Crippen LogP contribution in [0.3, 0.4) is 0 Å². The zero-order valence-corrected chi connectivity index (χ0v) is 11.1. The molecular formula is C12H16N6O. The van der Waals surface area contributed by atoms with Crippen molar-refractivity contribution in [2.45, 2.75) is 13.3 Å². The van der Waals surface area contributed by atoms with Gasteiger partial charge in [-0.3, -0.25) is 0 Å². The third kappa shape index (κ3) is 2.98. The topological polar surface area (TPSA) is 79.3 Å². The number of fused-ring (bicyclic) bond motifs is 1. The van der Waals surface area contributed by atoms with Crippen molar-refractivity contribution in [2.75, 3.05) is 31.7 Å². The molecule has 7 nitrogen and oxygen atoms in total. The number of methoxy groups -OCH3 is 1. The average Bonchev–Trinajstić information content (AvgIpc) is 2.86. The van der Waals surface area contributed by atoms with Crippen LogP contribution in [0.1, 0.15) is 12.1 Å². The summed E-state index contributed by atoms with van der Waals surface area (Å²) in [5.41, 5.74) is 0.870.